The third-order valence-corrected chi connectivity index (χ3v) is 8.47. The fourth-order valence-corrected chi connectivity index (χ4v) is 6.62. The van der Waals surface area contributed by atoms with Gasteiger partial charge in [0.05, 0.1) is 23.0 Å². The molecular weight excluding hydrogens is 435 g/mol. The van der Waals surface area contributed by atoms with Crippen LogP contribution in [0.25, 0.3) is 21.9 Å². The van der Waals surface area contributed by atoms with Crippen molar-refractivity contribution in [1.29, 1.82) is 0 Å². The van der Waals surface area contributed by atoms with Gasteiger partial charge in [-0.05, 0) is 67.9 Å². The standard InChI is InChI=1S/C27H23FN2O4/c28-18-9-17-5-8-30(12-19-10-16-3-1-2-4-21(16)34-19)22(17)20(11-18)23(31)29-27(6-7-27)26-13-25(14-26,15-26)24(32)33/h1-5,8-11H,6-7,12-15H2,(H,29,31)(H,32,33). The molecule has 172 valence electrons. The monoisotopic (exact) mass is 458 g/mol. The summed E-state index contributed by atoms with van der Waals surface area (Å²) >= 11 is 0. The second-order valence-electron chi connectivity index (χ2n) is 10.5. The van der Waals surface area contributed by atoms with Gasteiger partial charge in [-0.3, -0.25) is 9.59 Å². The number of aromatic nitrogens is 1. The fraction of sp³-hybridized carbons (Fsp3) is 0.333. The van der Waals surface area contributed by atoms with Crippen molar-refractivity contribution in [1.82, 2.24) is 9.88 Å². The number of carbonyl (C=O) groups is 2. The van der Waals surface area contributed by atoms with Crippen molar-refractivity contribution in [2.45, 2.75) is 44.2 Å². The number of nitrogens with one attached hydrogen (secondary N) is 1. The molecule has 7 heteroatoms. The summed E-state index contributed by atoms with van der Waals surface area (Å²) in [6.45, 7) is 0.417. The lowest BCUT2D eigenvalue weighted by molar-refractivity contribution is -0.236. The highest BCUT2D eigenvalue weighted by Gasteiger charge is 2.81. The van der Waals surface area contributed by atoms with Gasteiger partial charge in [0.1, 0.15) is 17.2 Å². The minimum absolute atomic E-state index is 0.121. The molecule has 2 aromatic carbocycles. The van der Waals surface area contributed by atoms with E-state index in [0.717, 1.165) is 29.6 Å². The zero-order valence-electron chi connectivity index (χ0n) is 18.4. The molecule has 4 aliphatic carbocycles. The van der Waals surface area contributed by atoms with Crippen LogP contribution < -0.4 is 5.32 Å². The molecule has 4 aliphatic rings. The molecule has 4 saturated carbocycles. The first kappa shape index (κ1) is 19.8. The van der Waals surface area contributed by atoms with Crippen LogP contribution in [-0.2, 0) is 11.3 Å². The van der Waals surface area contributed by atoms with E-state index < -0.39 is 17.2 Å². The number of carboxylic acids is 1. The normalized spacial score (nSPS) is 26.1. The Labute approximate surface area is 194 Å². The summed E-state index contributed by atoms with van der Waals surface area (Å²) in [7, 11) is 0. The third-order valence-electron chi connectivity index (χ3n) is 8.47. The number of nitrogens with zero attached hydrogens (tertiary/aromatic N) is 1. The van der Waals surface area contributed by atoms with Crippen molar-refractivity contribution in [3.05, 3.63) is 71.9 Å². The number of halogens is 1. The summed E-state index contributed by atoms with van der Waals surface area (Å²) in [5.74, 6) is -0.743. The van der Waals surface area contributed by atoms with Crippen molar-refractivity contribution >= 4 is 33.7 Å². The molecule has 2 bridgehead atoms. The molecule has 8 rings (SSSR count). The number of furan rings is 1. The SMILES string of the molecule is O=C(NC1(C23CC(C(=O)O)(C2)C3)CC1)c1cc(F)cc2ccn(Cc3cc4ccccc4o3)c12. The van der Waals surface area contributed by atoms with Crippen LogP contribution in [0.4, 0.5) is 4.39 Å². The molecule has 2 heterocycles. The van der Waals surface area contributed by atoms with Gasteiger partial charge < -0.3 is 19.4 Å². The van der Waals surface area contributed by atoms with Crippen LogP contribution in [0, 0.1) is 16.6 Å². The number of aliphatic carboxylic acids is 1. The zero-order valence-corrected chi connectivity index (χ0v) is 18.4. The lowest BCUT2D eigenvalue weighted by Gasteiger charge is -2.71. The Morgan fingerprint density at radius 1 is 1.06 bits per heavy atom. The van der Waals surface area contributed by atoms with Crippen molar-refractivity contribution in [3.8, 4) is 0 Å². The summed E-state index contributed by atoms with van der Waals surface area (Å²) < 4.78 is 22.3. The Kier molecular flexibility index (Phi) is 3.66. The number of amides is 1. The maximum Gasteiger partial charge on any atom is 0.309 e. The van der Waals surface area contributed by atoms with E-state index in [0.29, 0.717) is 42.3 Å². The predicted octanol–water partition coefficient (Wildman–Crippen LogP) is 5.09. The van der Waals surface area contributed by atoms with Gasteiger partial charge in [0, 0.05) is 22.5 Å². The Bertz CT molecular complexity index is 1470. The highest BCUT2D eigenvalue weighted by molar-refractivity contribution is 6.06. The van der Waals surface area contributed by atoms with E-state index in [4.69, 9.17) is 4.42 Å². The quantitative estimate of drug-likeness (QED) is 0.421. The molecule has 0 unspecified atom stereocenters. The van der Waals surface area contributed by atoms with Gasteiger partial charge in [-0.15, -0.1) is 0 Å². The van der Waals surface area contributed by atoms with Crippen LogP contribution in [-0.4, -0.2) is 27.1 Å². The Hall–Kier alpha value is -3.61. The van der Waals surface area contributed by atoms with E-state index in [-0.39, 0.29) is 16.9 Å². The Morgan fingerprint density at radius 2 is 1.82 bits per heavy atom. The van der Waals surface area contributed by atoms with E-state index in [1.807, 2.05) is 47.2 Å². The number of rotatable bonds is 6. The number of carboxylic acid groups (broad SMARTS) is 1. The molecule has 0 atom stereocenters. The largest absolute Gasteiger partial charge is 0.481 e. The lowest BCUT2D eigenvalue weighted by atomic mass is 9.32. The minimum atomic E-state index is -0.730. The number of hydrogen-bond donors (Lipinski definition) is 2. The third kappa shape index (κ3) is 2.55. The summed E-state index contributed by atoms with van der Waals surface area (Å²) in [6, 6.07) is 14.3. The first-order valence-corrected chi connectivity index (χ1v) is 11.6. The Morgan fingerprint density at radius 3 is 2.53 bits per heavy atom. The molecule has 2 aromatic heterocycles. The van der Waals surface area contributed by atoms with Gasteiger partial charge in [0.2, 0.25) is 0 Å². The molecule has 2 N–H and O–H groups in total. The molecule has 4 aromatic rings. The van der Waals surface area contributed by atoms with Crippen LogP contribution in [0.3, 0.4) is 0 Å². The van der Waals surface area contributed by atoms with E-state index in [2.05, 4.69) is 5.32 Å². The summed E-state index contributed by atoms with van der Waals surface area (Å²) in [5.41, 5.74) is 0.677. The van der Waals surface area contributed by atoms with Crippen LogP contribution in [0.5, 0.6) is 0 Å². The van der Waals surface area contributed by atoms with Gasteiger partial charge in [-0.1, -0.05) is 18.2 Å². The number of benzene rings is 2. The second-order valence-corrected chi connectivity index (χ2v) is 10.5. The smallest absolute Gasteiger partial charge is 0.309 e. The molecule has 0 radical (unpaired) electrons. The first-order chi connectivity index (χ1) is 16.3. The van der Waals surface area contributed by atoms with E-state index in [9.17, 15) is 19.1 Å². The number of carbonyl (C=O) groups excluding carboxylic acids is 1. The van der Waals surface area contributed by atoms with Crippen LogP contribution in [0.2, 0.25) is 0 Å². The summed E-state index contributed by atoms with van der Waals surface area (Å²) in [4.78, 5) is 25.0. The van der Waals surface area contributed by atoms with Gasteiger partial charge in [0.15, 0.2) is 0 Å². The van der Waals surface area contributed by atoms with Crippen molar-refractivity contribution in [2.75, 3.05) is 0 Å². The summed E-state index contributed by atoms with van der Waals surface area (Å²) in [5, 5.41) is 14.3. The zero-order chi connectivity index (χ0) is 23.3. The molecular formula is C27H23FN2O4. The number of para-hydroxylation sites is 1. The topological polar surface area (TPSA) is 84.5 Å². The molecule has 34 heavy (non-hydrogen) atoms. The lowest BCUT2D eigenvalue weighted by Crippen LogP contribution is -2.73. The van der Waals surface area contributed by atoms with Crippen molar-refractivity contribution in [2.24, 2.45) is 10.8 Å². The fourth-order valence-electron chi connectivity index (χ4n) is 6.62. The van der Waals surface area contributed by atoms with Gasteiger partial charge in [-0.25, -0.2) is 4.39 Å². The summed E-state index contributed by atoms with van der Waals surface area (Å²) in [6.07, 6.45) is 5.39. The van der Waals surface area contributed by atoms with Crippen LogP contribution in [0.15, 0.2) is 59.1 Å². The highest BCUT2D eigenvalue weighted by atomic mass is 19.1. The average molecular weight is 458 g/mol. The molecule has 0 saturated heterocycles. The number of hydrogen-bond acceptors (Lipinski definition) is 3. The second kappa shape index (κ2) is 6.29. The van der Waals surface area contributed by atoms with E-state index >= 15 is 0 Å². The molecule has 6 nitrogen and oxygen atoms in total. The van der Waals surface area contributed by atoms with Crippen LogP contribution in [0.1, 0.15) is 48.2 Å². The average Bonchev–Trinajstić information content (AvgIpc) is 3.20. The first-order valence-electron chi connectivity index (χ1n) is 11.6. The minimum Gasteiger partial charge on any atom is -0.481 e. The Balaban J connectivity index is 1.21. The molecule has 0 aliphatic heterocycles. The van der Waals surface area contributed by atoms with Gasteiger partial charge >= 0.3 is 5.97 Å². The maximum absolute atomic E-state index is 14.5. The van der Waals surface area contributed by atoms with Crippen LogP contribution >= 0.6 is 0 Å². The van der Waals surface area contributed by atoms with Crippen molar-refractivity contribution in [3.63, 3.8) is 0 Å². The van der Waals surface area contributed by atoms with Gasteiger partial charge in [0.25, 0.3) is 5.91 Å². The molecule has 1 amide bonds. The van der Waals surface area contributed by atoms with E-state index in [1.165, 1.54) is 12.1 Å². The van der Waals surface area contributed by atoms with Gasteiger partial charge in [-0.2, -0.15) is 0 Å². The highest BCUT2D eigenvalue weighted by Crippen LogP contribution is 2.81. The predicted molar refractivity (Wildman–Crippen MR) is 123 cm³/mol. The number of fused-ring (bicyclic) bond motifs is 2. The maximum atomic E-state index is 14.5. The molecule has 4 fully saturated rings. The van der Waals surface area contributed by atoms with Crippen molar-refractivity contribution < 1.29 is 23.5 Å². The molecule has 0 spiro atoms. The van der Waals surface area contributed by atoms with E-state index in [1.54, 1.807) is 0 Å².